The second-order valence-corrected chi connectivity index (χ2v) is 5.46. The van der Waals surface area contributed by atoms with Crippen LogP contribution in [0.3, 0.4) is 0 Å². The summed E-state index contributed by atoms with van der Waals surface area (Å²) in [5.41, 5.74) is 7.40. The molecule has 0 spiro atoms. The molecule has 3 N–H and O–H groups in total. The zero-order valence-corrected chi connectivity index (χ0v) is 12.6. The molecular weight excluding hydrogens is 294 g/mol. The van der Waals surface area contributed by atoms with Gasteiger partial charge in [-0.1, -0.05) is 41.4 Å². The van der Waals surface area contributed by atoms with Gasteiger partial charge in [-0.25, -0.2) is 0 Å². The van der Waals surface area contributed by atoms with E-state index in [-0.39, 0.29) is 5.84 Å². The maximum atomic E-state index is 8.82. The Morgan fingerprint density at radius 1 is 1.56 bits per heavy atom. The molecule has 0 heterocycles. The van der Waals surface area contributed by atoms with E-state index in [9.17, 15) is 0 Å². The molecule has 0 aliphatic heterocycles. The van der Waals surface area contributed by atoms with E-state index >= 15 is 0 Å². The van der Waals surface area contributed by atoms with E-state index in [4.69, 9.17) is 10.9 Å². The lowest BCUT2D eigenvalue weighted by atomic mass is 10.1. The third-order valence-corrected chi connectivity index (χ3v) is 3.53. The normalized spacial score (nSPS) is 13.4. The van der Waals surface area contributed by atoms with Crippen LogP contribution in [0.2, 0.25) is 0 Å². The highest BCUT2D eigenvalue weighted by atomic mass is 79.9. The Hall–Kier alpha value is -1.23. The van der Waals surface area contributed by atoms with Crippen molar-refractivity contribution in [2.75, 3.05) is 18.5 Å². The highest BCUT2D eigenvalue weighted by molar-refractivity contribution is 9.10. The standard InChI is InChI=1S/C13H20BrN3O/c1-4-9(2)8-17(3)12-7-10(14)5-6-11(12)13(15)16-18/h5-7,9,18H,4,8H2,1-3H3,(H2,15,16). The molecule has 1 atom stereocenters. The van der Waals surface area contributed by atoms with E-state index in [1.807, 2.05) is 25.2 Å². The van der Waals surface area contributed by atoms with Gasteiger partial charge in [-0.15, -0.1) is 0 Å². The van der Waals surface area contributed by atoms with Crippen LogP contribution in [0.5, 0.6) is 0 Å². The molecule has 0 saturated carbocycles. The number of nitrogens with zero attached hydrogens (tertiary/aromatic N) is 2. The molecule has 0 radical (unpaired) electrons. The lowest BCUT2D eigenvalue weighted by molar-refractivity contribution is 0.318. The first kappa shape index (κ1) is 14.8. The molecule has 1 unspecified atom stereocenters. The summed E-state index contributed by atoms with van der Waals surface area (Å²) in [6, 6.07) is 5.71. The molecule has 0 aliphatic rings. The van der Waals surface area contributed by atoms with Gasteiger partial charge in [0.15, 0.2) is 5.84 Å². The minimum Gasteiger partial charge on any atom is -0.409 e. The van der Waals surface area contributed by atoms with Crippen molar-refractivity contribution in [1.29, 1.82) is 0 Å². The molecular formula is C13H20BrN3O. The average Bonchev–Trinajstić information content (AvgIpc) is 2.37. The molecule has 0 saturated heterocycles. The van der Waals surface area contributed by atoms with Gasteiger partial charge in [0.2, 0.25) is 0 Å². The number of anilines is 1. The van der Waals surface area contributed by atoms with Crippen LogP contribution in [0.4, 0.5) is 5.69 Å². The van der Waals surface area contributed by atoms with E-state index in [0.29, 0.717) is 5.92 Å². The van der Waals surface area contributed by atoms with Crippen molar-refractivity contribution in [3.05, 3.63) is 28.2 Å². The molecule has 4 nitrogen and oxygen atoms in total. The number of rotatable bonds is 5. The Morgan fingerprint density at radius 2 is 2.22 bits per heavy atom. The summed E-state index contributed by atoms with van der Waals surface area (Å²) in [5.74, 6) is 0.725. The lowest BCUT2D eigenvalue weighted by Gasteiger charge is -2.25. The molecule has 0 amide bonds. The number of amidine groups is 1. The lowest BCUT2D eigenvalue weighted by Crippen LogP contribution is -2.27. The number of benzene rings is 1. The Morgan fingerprint density at radius 3 is 2.78 bits per heavy atom. The largest absolute Gasteiger partial charge is 0.409 e. The predicted octanol–water partition coefficient (Wildman–Crippen LogP) is 3.03. The first-order chi connectivity index (χ1) is 8.49. The monoisotopic (exact) mass is 313 g/mol. The summed E-state index contributed by atoms with van der Waals surface area (Å²) in [7, 11) is 2.02. The van der Waals surface area contributed by atoms with Crippen molar-refractivity contribution >= 4 is 27.5 Å². The second kappa shape index (κ2) is 6.64. The topological polar surface area (TPSA) is 61.8 Å². The Kier molecular flexibility index (Phi) is 5.47. The highest BCUT2D eigenvalue weighted by Crippen LogP contribution is 2.25. The fourth-order valence-electron chi connectivity index (χ4n) is 1.79. The van der Waals surface area contributed by atoms with Gasteiger partial charge in [0.1, 0.15) is 0 Å². The minimum absolute atomic E-state index is 0.133. The molecule has 0 fully saturated rings. The molecule has 100 valence electrons. The summed E-state index contributed by atoms with van der Waals surface area (Å²) < 4.78 is 0.975. The number of oxime groups is 1. The van der Waals surface area contributed by atoms with Gasteiger partial charge in [0, 0.05) is 29.3 Å². The van der Waals surface area contributed by atoms with E-state index in [1.54, 1.807) is 0 Å². The van der Waals surface area contributed by atoms with Gasteiger partial charge >= 0.3 is 0 Å². The molecule has 1 aromatic carbocycles. The highest BCUT2D eigenvalue weighted by Gasteiger charge is 2.13. The van der Waals surface area contributed by atoms with Crippen LogP contribution >= 0.6 is 15.9 Å². The fraction of sp³-hybridized carbons (Fsp3) is 0.462. The smallest absolute Gasteiger partial charge is 0.172 e. The molecule has 1 aromatic rings. The maximum absolute atomic E-state index is 8.82. The van der Waals surface area contributed by atoms with Gasteiger partial charge in [-0.05, 0) is 24.1 Å². The van der Waals surface area contributed by atoms with Gasteiger partial charge in [-0.2, -0.15) is 0 Å². The molecule has 0 aromatic heterocycles. The first-order valence-electron chi connectivity index (χ1n) is 5.98. The summed E-state index contributed by atoms with van der Waals surface area (Å²) in [5, 5.41) is 11.9. The fourth-order valence-corrected chi connectivity index (χ4v) is 2.14. The molecule has 0 bridgehead atoms. The summed E-state index contributed by atoms with van der Waals surface area (Å²) >= 11 is 3.45. The second-order valence-electron chi connectivity index (χ2n) is 4.54. The maximum Gasteiger partial charge on any atom is 0.172 e. The van der Waals surface area contributed by atoms with Crippen LogP contribution in [-0.4, -0.2) is 24.6 Å². The average molecular weight is 314 g/mol. The van der Waals surface area contributed by atoms with Gasteiger partial charge in [0.25, 0.3) is 0 Å². The summed E-state index contributed by atoms with van der Waals surface area (Å²) in [6.07, 6.45) is 1.12. The van der Waals surface area contributed by atoms with E-state index in [2.05, 4.69) is 39.8 Å². The van der Waals surface area contributed by atoms with Gasteiger partial charge < -0.3 is 15.8 Å². The number of hydrogen-bond donors (Lipinski definition) is 2. The molecule has 0 aliphatic carbocycles. The van der Waals surface area contributed by atoms with Crippen LogP contribution < -0.4 is 10.6 Å². The third-order valence-electron chi connectivity index (χ3n) is 3.04. The van der Waals surface area contributed by atoms with Crippen molar-refractivity contribution < 1.29 is 5.21 Å². The third kappa shape index (κ3) is 3.63. The van der Waals surface area contributed by atoms with Crippen molar-refractivity contribution in [2.24, 2.45) is 16.8 Å². The van der Waals surface area contributed by atoms with E-state index in [0.717, 1.165) is 28.7 Å². The van der Waals surface area contributed by atoms with E-state index < -0.39 is 0 Å². The summed E-state index contributed by atoms with van der Waals surface area (Å²) in [4.78, 5) is 2.13. The predicted molar refractivity (Wildman–Crippen MR) is 79.4 cm³/mol. The first-order valence-corrected chi connectivity index (χ1v) is 6.77. The van der Waals surface area contributed by atoms with Crippen LogP contribution in [0.15, 0.2) is 27.8 Å². The Labute approximate surface area is 117 Å². The van der Waals surface area contributed by atoms with Crippen molar-refractivity contribution in [2.45, 2.75) is 20.3 Å². The van der Waals surface area contributed by atoms with E-state index in [1.165, 1.54) is 0 Å². The number of halogens is 1. The number of hydrogen-bond acceptors (Lipinski definition) is 3. The van der Waals surface area contributed by atoms with Crippen molar-refractivity contribution in [3.63, 3.8) is 0 Å². The van der Waals surface area contributed by atoms with Crippen LogP contribution in [0.25, 0.3) is 0 Å². The van der Waals surface area contributed by atoms with Gasteiger partial charge in [-0.3, -0.25) is 0 Å². The van der Waals surface area contributed by atoms with Crippen LogP contribution in [-0.2, 0) is 0 Å². The minimum atomic E-state index is 0.133. The van der Waals surface area contributed by atoms with Crippen molar-refractivity contribution in [3.8, 4) is 0 Å². The molecule has 18 heavy (non-hydrogen) atoms. The molecule has 1 rings (SSSR count). The SMILES string of the molecule is CCC(C)CN(C)c1cc(Br)ccc1/C(N)=N/O. The van der Waals surface area contributed by atoms with Crippen molar-refractivity contribution in [1.82, 2.24) is 0 Å². The molecule has 5 heteroatoms. The quantitative estimate of drug-likeness (QED) is 0.380. The summed E-state index contributed by atoms with van der Waals surface area (Å²) in [6.45, 7) is 5.31. The zero-order valence-electron chi connectivity index (χ0n) is 11.0. The Balaban J connectivity index is 3.08. The number of nitrogens with two attached hydrogens (primary N) is 1. The van der Waals surface area contributed by atoms with Crippen LogP contribution in [0, 0.1) is 5.92 Å². The zero-order chi connectivity index (χ0) is 13.7. The van der Waals surface area contributed by atoms with Crippen LogP contribution in [0.1, 0.15) is 25.8 Å². The van der Waals surface area contributed by atoms with Gasteiger partial charge in [0.05, 0.1) is 0 Å². The Bertz CT molecular complexity index is 434.